The van der Waals surface area contributed by atoms with Gasteiger partial charge in [-0.05, 0) is 43.2 Å². The standard InChI is InChI=1S/C24H26N6O3S2/c1-29-20-9-5-4-8-19(20)22-23(29)26-24(28-27-22)34-16-21(31)25-17-10-12-18(13-11-17)35(32,33)30-14-6-2-3-7-15-30/h4-5,8-13H,2-3,6-7,14-16H2,1H3,(H,25,31). The number of nitrogens with zero attached hydrogens (tertiary/aromatic N) is 5. The fourth-order valence-corrected chi connectivity index (χ4v) is 6.42. The van der Waals surface area contributed by atoms with E-state index in [0.29, 0.717) is 29.6 Å². The van der Waals surface area contributed by atoms with E-state index in [-0.39, 0.29) is 16.6 Å². The number of sulfonamides is 1. The zero-order chi connectivity index (χ0) is 24.4. The lowest BCUT2D eigenvalue weighted by Gasteiger charge is -2.20. The van der Waals surface area contributed by atoms with Crippen molar-refractivity contribution in [3.8, 4) is 0 Å². The fourth-order valence-electron chi connectivity index (χ4n) is 4.32. The van der Waals surface area contributed by atoms with Gasteiger partial charge in [0.25, 0.3) is 0 Å². The lowest BCUT2D eigenvalue weighted by atomic mass is 10.2. The smallest absolute Gasteiger partial charge is 0.243 e. The maximum absolute atomic E-state index is 12.9. The minimum Gasteiger partial charge on any atom is -0.327 e. The number of carbonyl (C=O) groups is 1. The second-order valence-electron chi connectivity index (χ2n) is 8.52. The highest BCUT2D eigenvalue weighted by atomic mass is 32.2. The van der Waals surface area contributed by atoms with E-state index in [1.165, 1.54) is 11.8 Å². The van der Waals surface area contributed by atoms with Crippen LogP contribution in [0.2, 0.25) is 0 Å². The van der Waals surface area contributed by atoms with Crippen molar-refractivity contribution in [1.29, 1.82) is 0 Å². The van der Waals surface area contributed by atoms with E-state index in [0.717, 1.165) is 42.1 Å². The molecule has 1 aliphatic heterocycles. The maximum atomic E-state index is 12.9. The van der Waals surface area contributed by atoms with Gasteiger partial charge in [0.15, 0.2) is 5.65 Å². The van der Waals surface area contributed by atoms with E-state index in [1.54, 1.807) is 28.6 Å². The summed E-state index contributed by atoms with van der Waals surface area (Å²) < 4.78 is 29.4. The van der Waals surface area contributed by atoms with Crippen molar-refractivity contribution in [2.75, 3.05) is 24.2 Å². The Labute approximate surface area is 208 Å². The number of rotatable bonds is 6. The number of thioether (sulfide) groups is 1. The predicted octanol–water partition coefficient (Wildman–Crippen LogP) is 3.81. The lowest BCUT2D eigenvalue weighted by molar-refractivity contribution is -0.113. The highest BCUT2D eigenvalue weighted by Gasteiger charge is 2.25. The SMILES string of the molecule is Cn1c2ccccc2c2nnc(SCC(=O)Nc3ccc(S(=O)(=O)N4CCCCCC4)cc3)nc21. The van der Waals surface area contributed by atoms with Gasteiger partial charge in [0.05, 0.1) is 16.2 Å². The molecule has 3 heterocycles. The molecule has 0 aliphatic carbocycles. The number of hydrogen-bond donors (Lipinski definition) is 1. The average molecular weight is 511 g/mol. The molecular weight excluding hydrogens is 484 g/mol. The first-order valence-corrected chi connectivity index (χ1v) is 14.0. The van der Waals surface area contributed by atoms with E-state index in [9.17, 15) is 13.2 Å². The summed E-state index contributed by atoms with van der Waals surface area (Å²) in [5, 5.41) is 12.7. The van der Waals surface area contributed by atoms with Gasteiger partial charge < -0.3 is 9.88 Å². The van der Waals surface area contributed by atoms with Crippen molar-refractivity contribution in [3.63, 3.8) is 0 Å². The number of amides is 1. The van der Waals surface area contributed by atoms with Gasteiger partial charge in [-0.25, -0.2) is 13.4 Å². The second kappa shape index (κ2) is 9.92. The molecule has 1 fully saturated rings. The number of hydrogen-bond acceptors (Lipinski definition) is 7. The number of aromatic nitrogens is 4. The topological polar surface area (TPSA) is 110 Å². The number of para-hydroxylation sites is 1. The highest BCUT2D eigenvalue weighted by Crippen LogP contribution is 2.26. The third-order valence-electron chi connectivity index (χ3n) is 6.16. The van der Waals surface area contributed by atoms with Gasteiger partial charge in [-0.1, -0.05) is 42.8 Å². The molecule has 2 aromatic heterocycles. The van der Waals surface area contributed by atoms with Crippen LogP contribution in [0, 0.1) is 0 Å². The molecule has 0 radical (unpaired) electrons. The average Bonchev–Trinajstić information content (AvgIpc) is 3.03. The molecule has 182 valence electrons. The van der Waals surface area contributed by atoms with Crippen LogP contribution >= 0.6 is 11.8 Å². The first-order valence-electron chi connectivity index (χ1n) is 11.5. The van der Waals surface area contributed by atoms with Crippen molar-refractivity contribution in [2.24, 2.45) is 7.05 Å². The molecule has 0 saturated carbocycles. The Morgan fingerprint density at radius 2 is 1.71 bits per heavy atom. The van der Waals surface area contributed by atoms with Gasteiger partial charge in [0, 0.05) is 31.2 Å². The number of fused-ring (bicyclic) bond motifs is 3. The van der Waals surface area contributed by atoms with Crippen LogP contribution in [0.3, 0.4) is 0 Å². The van der Waals surface area contributed by atoms with E-state index in [4.69, 9.17) is 0 Å². The molecule has 0 atom stereocenters. The molecule has 9 nitrogen and oxygen atoms in total. The summed E-state index contributed by atoms with van der Waals surface area (Å²) in [5.41, 5.74) is 3.00. The Bertz CT molecular complexity index is 1480. The molecule has 0 spiro atoms. The number of nitrogens with one attached hydrogen (secondary N) is 1. The summed E-state index contributed by atoms with van der Waals surface area (Å²) in [7, 11) is -1.59. The molecule has 5 rings (SSSR count). The zero-order valence-corrected chi connectivity index (χ0v) is 21.0. The van der Waals surface area contributed by atoms with Crippen LogP contribution in [0.4, 0.5) is 5.69 Å². The first-order chi connectivity index (χ1) is 16.9. The highest BCUT2D eigenvalue weighted by molar-refractivity contribution is 7.99. The Morgan fingerprint density at radius 3 is 2.46 bits per heavy atom. The van der Waals surface area contributed by atoms with E-state index < -0.39 is 10.0 Å². The molecular formula is C24H26N6O3S2. The van der Waals surface area contributed by atoms with Crippen LogP contribution in [-0.2, 0) is 21.9 Å². The summed E-state index contributed by atoms with van der Waals surface area (Å²) in [6, 6.07) is 14.2. The van der Waals surface area contributed by atoms with Gasteiger partial charge in [-0.15, -0.1) is 10.2 Å². The first kappa shape index (κ1) is 23.7. The minimum absolute atomic E-state index is 0.102. The molecule has 11 heteroatoms. The van der Waals surface area contributed by atoms with E-state index in [1.807, 2.05) is 35.9 Å². The maximum Gasteiger partial charge on any atom is 0.243 e. The summed E-state index contributed by atoms with van der Waals surface area (Å²) in [6.07, 6.45) is 3.90. The third kappa shape index (κ3) is 4.89. The Kier molecular flexibility index (Phi) is 6.72. The number of benzene rings is 2. The minimum atomic E-state index is -3.52. The summed E-state index contributed by atoms with van der Waals surface area (Å²) in [6.45, 7) is 1.11. The van der Waals surface area contributed by atoms with E-state index >= 15 is 0 Å². The zero-order valence-electron chi connectivity index (χ0n) is 19.3. The predicted molar refractivity (Wildman–Crippen MR) is 137 cm³/mol. The van der Waals surface area contributed by atoms with Crippen LogP contribution in [0.15, 0.2) is 58.6 Å². The van der Waals surface area contributed by atoms with Crippen LogP contribution < -0.4 is 5.32 Å². The number of carbonyl (C=O) groups excluding carboxylic acids is 1. The number of aryl methyl sites for hydroxylation is 1. The molecule has 1 aliphatic rings. The molecule has 0 bridgehead atoms. The van der Waals surface area contributed by atoms with Crippen LogP contribution in [0.5, 0.6) is 0 Å². The molecule has 4 aromatic rings. The van der Waals surface area contributed by atoms with Crippen LogP contribution in [0.25, 0.3) is 22.1 Å². The van der Waals surface area contributed by atoms with Crippen molar-refractivity contribution in [1.82, 2.24) is 24.1 Å². The Balaban J connectivity index is 1.22. The van der Waals surface area contributed by atoms with E-state index in [2.05, 4.69) is 20.5 Å². The molecule has 1 saturated heterocycles. The molecule has 1 amide bonds. The lowest BCUT2D eigenvalue weighted by Crippen LogP contribution is -2.31. The second-order valence-corrected chi connectivity index (χ2v) is 11.4. The summed E-state index contributed by atoms with van der Waals surface area (Å²) in [5.74, 6) is -0.135. The van der Waals surface area contributed by atoms with Crippen LogP contribution in [-0.4, -0.2) is 57.2 Å². The van der Waals surface area contributed by atoms with Crippen molar-refractivity contribution in [3.05, 3.63) is 48.5 Å². The van der Waals surface area contributed by atoms with Gasteiger partial charge in [0.2, 0.25) is 21.1 Å². The summed E-state index contributed by atoms with van der Waals surface area (Å²) in [4.78, 5) is 17.3. The largest absolute Gasteiger partial charge is 0.327 e. The summed E-state index contributed by atoms with van der Waals surface area (Å²) >= 11 is 1.20. The van der Waals surface area contributed by atoms with Crippen molar-refractivity contribution >= 4 is 55.4 Å². The van der Waals surface area contributed by atoms with Crippen molar-refractivity contribution in [2.45, 2.75) is 35.7 Å². The Hall–Kier alpha value is -3.02. The molecule has 35 heavy (non-hydrogen) atoms. The number of anilines is 1. The molecule has 0 unspecified atom stereocenters. The quantitative estimate of drug-likeness (QED) is 0.393. The van der Waals surface area contributed by atoms with Gasteiger partial charge >= 0.3 is 0 Å². The molecule has 2 aromatic carbocycles. The molecule has 1 N–H and O–H groups in total. The van der Waals surface area contributed by atoms with Crippen molar-refractivity contribution < 1.29 is 13.2 Å². The fraction of sp³-hybridized carbons (Fsp3) is 0.333. The normalized spacial score (nSPS) is 15.3. The van der Waals surface area contributed by atoms with Gasteiger partial charge in [-0.2, -0.15) is 4.31 Å². The van der Waals surface area contributed by atoms with Crippen LogP contribution in [0.1, 0.15) is 25.7 Å². The Morgan fingerprint density at radius 1 is 1.00 bits per heavy atom. The monoisotopic (exact) mass is 510 g/mol. The van der Waals surface area contributed by atoms with Gasteiger partial charge in [-0.3, -0.25) is 4.79 Å². The van der Waals surface area contributed by atoms with Gasteiger partial charge in [0.1, 0.15) is 5.52 Å². The third-order valence-corrected chi connectivity index (χ3v) is 8.91.